The molecule has 0 atom stereocenters. The lowest BCUT2D eigenvalue weighted by molar-refractivity contribution is 0.282. The third kappa shape index (κ3) is 12.3. The van der Waals surface area contributed by atoms with Crippen molar-refractivity contribution in [3.8, 4) is 0 Å². The average molecular weight is 261 g/mol. The number of rotatable bonds is 12. The van der Waals surface area contributed by atoms with Gasteiger partial charge in [-0.3, -0.25) is 0 Å². The zero-order valence-electron chi connectivity index (χ0n) is 11.7. The first kappa shape index (κ1) is 17.1. The zero-order chi connectivity index (χ0) is 13.0. The van der Waals surface area contributed by atoms with Gasteiger partial charge in [0, 0.05) is 13.2 Å². The van der Waals surface area contributed by atoms with E-state index in [4.69, 9.17) is 15.3 Å². The Bertz CT molecular complexity index is 165. The van der Waals surface area contributed by atoms with E-state index in [-0.39, 0.29) is 0 Å². The van der Waals surface area contributed by atoms with Gasteiger partial charge >= 0.3 is 0 Å². The van der Waals surface area contributed by atoms with Crippen LogP contribution in [0.3, 0.4) is 0 Å². The van der Waals surface area contributed by atoms with Crippen molar-refractivity contribution in [3.05, 3.63) is 0 Å². The summed E-state index contributed by atoms with van der Waals surface area (Å²) in [5.41, 5.74) is 5.46. The maximum absolute atomic E-state index is 8.66. The Morgan fingerprint density at radius 3 is 2.12 bits per heavy atom. The van der Waals surface area contributed by atoms with Gasteiger partial charge in [0.1, 0.15) is 0 Å². The lowest BCUT2D eigenvalue weighted by Gasteiger charge is -2.22. The average Bonchev–Trinajstić information content (AvgIpc) is 2.28. The first-order chi connectivity index (χ1) is 8.12. The highest BCUT2D eigenvalue weighted by Crippen LogP contribution is 2.17. The van der Waals surface area contributed by atoms with Crippen LogP contribution in [0.15, 0.2) is 0 Å². The Labute approximate surface area is 108 Å². The van der Waals surface area contributed by atoms with E-state index in [9.17, 15) is 0 Å². The van der Waals surface area contributed by atoms with E-state index in [0.717, 1.165) is 26.0 Å². The number of unbranched alkanes of at least 4 members (excludes halogenated alkanes) is 5. The van der Waals surface area contributed by atoms with E-state index in [1.165, 1.54) is 38.1 Å². The van der Waals surface area contributed by atoms with Gasteiger partial charge < -0.3 is 15.3 Å². The van der Waals surface area contributed by atoms with E-state index in [1.54, 1.807) is 0 Å². The summed E-state index contributed by atoms with van der Waals surface area (Å²) in [6.45, 7) is 6.51. The molecule has 0 saturated heterocycles. The molecule has 4 heteroatoms. The Morgan fingerprint density at radius 1 is 0.941 bits per heavy atom. The molecule has 0 aliphatic carbocycles. The van der Waals surface area contributed by atoms with Crippen molar-refractivity contribution < 1.29 is 9.53 Å². The highest BCUT2D eigenvalue weighted by atomic mass is 28.4. The van der Waals surface area contributed by atoms with Gasteiger partial charge in [-0.25, -0.2) is 0 Å². The smallest absolute Gasteiger partial charge is 0.186 e. The molecule has 0 amide bonds. The van der Waals surface area contributed by atoms with E-state index < -0.39 is 8.32 Å². The van der Waals surface area contributed by atoms with Crippen LogP contribution in [0.25, 0.3) is 0 Å². The van der Waals surface area contributed by atoms with Crippen LogP contribution in [-0.2, 0) is 4.43 Å². The van der Waals surface area contributed by atoms with Gasteiger partial charge in [0.2, 0.25) is 0 Å². The molecule has 0 aromatic heterocycles. The minimum Gasteiger partial charge on any atom is -0.417 e. The molecular weight excluding hydrogens is 230 g/mol. The molecular formula is C13H31NO2Si. The van der Waals surface area contributed by atoms with Crippen molar-refractivity contribution in [1.29, 1.82) is 0 Å². The quantitative estimate of drug-likeness (QED) is 0.419. The Kier molecular flexibility index (Phi) is 11.3. The van der Waals surface area contributed by atoms with Crippen molar-refractivity contribution in [1.82, 2.24) is 0 Å². The minimum absolute atomic E-state index is 0.342. The number of aliphatic hydroxyl groups is 1. The maximum atomic E-state index is 8.66. The van der Waals surface area contributed by atoms with Crippen LogP contribution in [-0.4, -0.2) is 33.2 Å². The summed E-state index contributed by atoms with van der Waals surface area (Å²) in [7, 11) is -1.41. The standard InChI is InChI=1S/C13H31NO2Si/c1-17(2,16-12-9-10-14)13-8-6-4-3-5-7-11-15/h15H,3-14H2,1-2H3. The molecule has 0 spiro atoms. The Balaban J connectivity index is 3.32. The van der Waals surface area contributed by atoms with E-state index in [2.05, 4.69) is 13.1 Å². The lowest BCUT2D eigenvalue weighted by atomic mass is 10.1. The van der Waals surface area contributed by atoms with Gasteiger partial charge in [-0.05, 0) is 38.5 Å². The molecule has 0 heterocycles. The van der Waals surface area contributed by atoms with Crippen LogP contribution in [0, 0.1) is 0 Å². The predicted molar refractivity (Wildman–Crippen MR) is 76.7 cm³/mol. The predicted octanol–water partition coefficient (Wildman–Crippen LogP) is 2.89. The van der Waals surface area contributed by atoms with E-state index >= 15 is 0 Å². The molecule has 104 valence electrons. The van der Waals surface area contributed by atoms with Crippen molar-refractivity contribution >= 4 is 8.32 Å². The van der Waals surface area contributed by atoms with Crippen molar-refractivity contribution in [2.24, 2.45) is 5.73 Å². The number of hydrogen-bond donors (Lipinski definition) is 2. The first-order valence-electron chi connectivity index (χ1n) is 7.07. The summed E-state index contributed by atoms with van der Waals surface area (Å²) in [6, 6.07) is 1.26. The highest BCUT2D eigenvalue weighted by molar-refractivity contribution is 6.71. The molecule has 0 rings (SSSR count). The molecule has 0 aliphatic rings. The number of nitrogens with two attached hydrogens (primary N) is 1. The molecule has 3 nitrogen and oxygen atoms in total. The molecule has 0 unspecified atom stereocenters. The van der Waals surface area contributed by atoms with Crippen LogP contribution >= 0.6 is 0 Å². The number of hydrogen-bond acceptors (Lipinski definition) is 3. The second kappa shape index (κ2) is 11.2. The summed E-state index contributed by atoms with van der Waals surface area (Å²) in [4.78, 5) is 0. The van der Waals surface area contributed by atoms with Crippen molar-refractivity contribution in [3.63, 3.8) is 0 Å². The maximum Gasteiger partial charge on any atom is 0.186 e. The van der Waals surface area contributed by atoms with Crippen LogP contribution in [0.1, 0.15) is 44.9 Å². The van der Waals surface area contributed by atoms with Crippen LogP contribution in [0.4, 0.5) is 0 Å². The van der Waals surface area contributed by atoms with E-state index in [1.807, 2.05) is 0 Å². The molecule has 0 fully saturated rings. The molecule has 0 radical (unpaired) electrons. The summed E-state index contributed by atoms with van der Waals surface area (Å²) in [5, 5.41) is 8.66. The van der Waals surface area contributed by atoms with Crippen molar-refractivity contribution in [2.45, 2.75) is 64.1 Å². The summed E-state index contributed by atoms with van der Waals surface area (Å²) < 4.78 is 5.94. The lowest BCUT2D eigenvalue weighted by Crippen LogP contribution is -2.31. The van der Waals surface area contributed by atoms with Gasteiger partial charge in [-0.2, -0.15) is 0 Å². The van der Waals surface area contributed by atoms with Crippen LogP contribution < -0.4 is 5.73 Å². The van der Waals surface area contributed by atoms with E-state index in [0.29, 0.717) is 6.61 Å². The monoisotopic (exact) mass is 261 g/mol. The molecule has 0 saturated carbocycles. The number of aliphatic hydroxyl groups excluding tert-OH is 1. The van der Waals surface area contributed by atoms with Crippen LogP contribution in [0.2, 0.25) is 19.1 Å². The molecule has 0 aromatic carbocycles. The van der Waals surface area contributed by atoms with Gasteiger partial charge in [0.05, 0.1) is 0 Å². The summed E-state index contributed by atoms with van der Waals surface area (Å²) >= 11 is 0. The minimum atomic E-state index is -1.41. The van der Waals surface area contributed by atoms with Crippen molar-refractivity contribution in [2.75, 3.05) is 19.8 Å². The fourth-order valence-electron chi connectivity index (χ4n) is 1.87. The molecule has 0 bridgehead atoms. The highest BCUT2D eigenvalue weighted by Gasteiger charge is 2.20. The SMILES string of the molecule is C[Si](C)(CCCCCCCCO)OCCCN. The second-order valence-corrected chi connectivity index (χ2v) is 9.65. The second-order valence-electron chi connectivity index (χ2n) is 5.35. The fourth-order valence-corrected chi connectivity index (χ4v) is 3.82. The topological polar surface area (TPSA) is 55.5 Å². The van der Waals surface area contributed by atoms with Crippen LogP contribution in [0.5, 0.6) is 0 Å². The van der Waals surface area contributed by atoms with Gasteiger partial charge in [0.25, 0.3) is 0 Å². The largest absolute Gasteiger partial charge is 0.417 e. The zero-order valence-corrected chi connectivity index (χ0v) is 12.7. The Morgan fingerprint density at radius 2 is 1.53 bits per heavy atom. The fraction of sp³-hybridized carbons (Fsp3) is 1.00. The third-order valence-electron chi connectivity index (χ3n) is 3.03. The molecule has 0 aromatic rings. The molecule has 0 aliphatic heterocycles. The molecule has 3 N–H and O–H groups in total. The third-order valence-corrected chi connectivity index (χ3v) is 5.57. The van der Waals surface area contributed by atoms with Gasteiger partial charge in [-0.1, -0.05) is 32.1 Å². The summed E-state index contributed by atoms with van der Waals surface area (Å²) in [5.74, 6) is 0. The Hall–Kier alpha value is 0.0969. The normalized spacial score (nSPS) is 12.0. The molecule has 17 heavy (non-hydrogen) atoms. The van der Waals surface area contributed by atoms with Gasteiger partial charge in [-0.15, -0.1) is 0 Å². The first-order valence-corrected chi connectivity index (χ1v) is 10.2. The summed E-state index contributed by atoms with van der Waals surface area (Å²) in [6.07, 6.45) is 8.28. The van der Waals surface area contributed by atoms with Gasteiger partial charge in [0.15, 0.2) is 8.32 Å².